The van der Waals surface area contributed by atoms with Crippen molar-refractivity contribution in [1.29, 1.82) is 0 Å². The van der Waals surface area contributed by atoms with Crippen LogP contribution < -0.4 is 0 Å². The second-order valence-corrected chi connectivity index (χ2v) is 25.3. The third-order valence-corrected chi connectivity index (χ3v) is 11.9. The lowest BCUT2D eigenvalue weighted by Crippen LogP contribution is -2.42. The summed E-state index contributed by atoms with van der Waals surface area (Å²) in [7, 11) is -3.48. The molecule has 0 amide bonds. The highest BCUT2D eigenvalue weighted by Crippen LogP contribution is 2.50. The van der Waals surface area contributed by atoms with Crippen molar-refractivity contribution in [3.8, 4) is 0 Å². The molecule has 0 saturated heterocycles. The van der Waals surface area contributed by atoms with Crippen LogP contribution in [0.4, 0.5) is 0 Å². The first kappa shape index (κ1) is 17.2. The van der Waals surface area contributed by atoms with E-state index in [1.54, 1.807) is 10.8 Å². The van der Waals surface area contributed by atoms with E-state index in [4.69, 9.17) is 0 Å². The van der Waals surface area contributed by atoms with Crippen LogP contribution in [0.3, 0.4) is 0 Å². The van der Waals surface area contributed by atoms with Crippen molar-refractivity contribution < 1.29 is 0 Å². The van der Waals surface area contributed by atoms with Gasteiger partial charge in [-0.15, -0.1) is 0 Å². The Balaban J connectivity index is 3.34. The fourth-order valence-electron chi connectivity index (χ4n) is 3.39. The Morgan fingerprint density at radius 3 is 1.58 bits per heavy atom. The third kappa shape index (κ3) is 4.05. The summed E-state index contributed by atoms with van der Waals surface area (Å²) < 4.78 is 0. The summed E-state index contributed by atoms with van der Waals surface area (Å²) in [6.07, 6.45) is 5.28. The van der Waals surface area contributed by atoms with Crippen LogP contribution in [0, 0.1) is 0 Å². The monoisotopic (exact) mass is 310 g/mol. The van der Waals surface area contributed by atoms with E-state index in [1.807, 2.05) is 0 Å². The molecule has 0 unspecified atom stereocenters. The van der Waals surface area contributed by atoms with Crippen LogP contribution in [0.5, 0.6) is 0 Å². The number of rotatable bonds is 3. The lowest BCUT2D eigenvalue weighted by atomic mass is 10.1. The normalized spacial score (nSPS) is 26.0. The maximum Gasteiger partial charge on any atom is 0.0771 e. The Bertz CT molecular complexity index is 397. The molecule has 0 radical (unpaired) electrons. The molecule has 0 aromatic rings. The molecule has 1 aliphatic rings. The van der Waals surface area contributed by atoms with Gasteiger partial charge in [0.1, 0.15) is 0 Å². The average Bonchev–Trinajstić information content (AvgIpc) is 2.11. The predicted octanol–water partition coefficient (Wildman–Crippen LogP) is 6.17. The van der Waals surface area contributed by atoms with Crippen LogP contribution in [-0.4, -0.2) is 24.2 Å². The van der Waals surface area contributed by atoms with Crippen LogP contribution in [0.15, 0.2) is 22.9 Å². The highest BCUT2D eigenvalue weighted by atomic mass is 28.3. The van der Waals surface area contributed by atoms with Gasteiger partial charge in [-0.3, -0.25) is 0 Å². The van der Waals surface area contributed by atoms with Gasteiger partial charge in [0.25, 0.3) is 0 Å². The quantitative estimate of drug-likeness (QED) is 0.547. The molecule has 0 saturated carbocycles. The first-order valence-corrected chi connectivity index (χ1v) is 18.3. The van der Waals surface area contributed by atoms with Gasteiger partial charge >= 0.3 is 0 Å². The minimum absolute atomic E-state index is 0.853. The molecular weight excluding hydrogens is 276 g/mol. The molecule has 0 heterocycles. The number of hydrogen-bond acceptors (Lipinski definition) is 0. The molecule has 2 atom stereocenters. The van der Waals surface area contributed by atoms with Gasteiger partial charge in [0.2, 0.25) is 0 Å². The fourth-order valence-corrected chi connectivity index (χ4v) is 12.5. The van der Waals surface area contributed by atoms with Gasteiger partial charge in [0.05, 0.1) is 24.2 Å². The van der Waals surface area contributed by atoms with Crippen molar-refractivity contribution in [1.82, 2.24) is 0 Å². The van der Waals surface area contributed by atoms with Gasteiger partial charge in [-0.05, 0) is 18.0 Å². The number of allylic oxidation sites excluding steroid dienone is 4. The summed E-state index contributed by atoms with van der Waals surface area (Å²) in [5.41, 5.74) is 3.40. The molecule has 110 valence electrons. The Kier molecular flexibility index (Phi) is 4.66. The van der Waals surface area contributed by atoms with E-state index in [-0.39, 0.29) is 0 Å². The highest BCUT2D eigenvalue weighted by molar-refractivity contribution is 6.86. The molecule has 0 N–H and O–H groups in total. The van der Waals surface area contributed by atoms with E-state index >= 15 is 0 Å². The standard InChI is InChI=1S/C16H34Si3/c1-13-11-14(17(2,3)4)12-15(18(5,6)7)16(13)19(8,9)10/h11-12,15-16H,1-10H3/t15-,16+/m1/s1. The topological polar surface area (TPSA) is 0 Å². The van der Waals surface area contributed by atoms with Crippen molar-refractivity contribution in [3.63, 3.8) is 0 Å². The van der Waals surface area contributed by atoms with Crippen LogP contribution in [0.2, 0.25) is 70.0 Å². The first-order chi connectivity index (χ1) is 8.24. The number of hydrogen-bond donors (Lipinski definition) is 0. The van der Waals surface area contributed by atoms with Gasteiger partial charge in [0, 0.05) is 0 Å². The van der Waals surface area contributed by atoms with Gasteiger partial charge in [-0.1, -0.05) is 81.8 Å². The molecule has 0 spiro atoms. The summed E-state index contributed by atoms with van der Waals surface area (Å²) >= 11 is 0. The third-order valence-electron chi connectivity index (χ3n) is 4.39. The maximum absolute atomic E-state index is 2.72. The van der Waals surface area contributed by atoms with Crippen molar-refractivity contribution in [2.75, 3.05) is 0 Å². The van der Waals surface area contributed by atoms with Crippen LogP contribution in [-0.2, 0) is 0 Å². The molecular formula is C16H34Si3. The van der Waals surface area contributed by atoms with E-state index in [0.717, 1.165) is 11.1 Å². The van der Waals surface area contributed by atoms with E-state index in [9.17, 15) is 0 Å². The zero-order chi connectivity index (χ0) is 15.2. The molecule has 0 aromatic carbocycles. The van der Waals surface area contributed by atoms with Gasteiger partial charge in [0.15, 0.2) is 0 Å². The minimum atomic E-state index is -1.19. The lowest BCUT2D eigenvalue weighted by Gasteiger charge is -2.45. The minimum Gasteiger partial charge on any atom is -0.0845 e. The molecule has 0 aliphatic heterocycles. The summed E-state index contributed by atoms with van der Waals surface area (Å²) in [6.45, 7) is 25.2. The predicted molar refractivity (Wildman–Crippen MR) is 99.4 cm³/mol. The summed E-state index contributed by atoms with van der Waals surface area (Å²) in [4.78, 5) is 0. The van der Waals surface area contributed by atoms with Crippen molar-refractivity contribution in [2.45, 2.75) is 76.9 Å². The van der Waals surface area contributed by atoms with Gasteiger partial charge in [-0.2, -0.15) is 0 Å². The Hall–Kier alpha value is 0.131. The summed E-state index contributed by atoms with van der Waals surface area (Å²) in [6, 6.07) is 0. The SMILES string of the molecule is CC1=CC([Si](C)(C)C)=C[C@@H]([Si](C)(C)C)[C@H]1[Si](C)(C)C. The van der Waals surface area contributed by atoms with E-state index in [2.05, 4.69) is 78.0 Å². The smallest absolute Gasteiger partial charge is 0.0771 e. The van der Waals surface area contributed by atoms with Crippen LogP contribution in [0.1, 0.15) is 6.92 Å². The average molecular weight is 311 g/mol. The highest BCUT2D eigenvalue weighted by Gasteiger charge is 2.42. The largest absolute Gasteiger partial charge is 0.0845 e. The zero-order valence-corrected chi connectivity index (χ0v) is 17.8. The first-order valence-electron chi connectivity index (χ1n) is 7.65. The second-order valence-electron chi connectivity index (χ2n) is 9.50. The maximum atomic E-state index is 2.72. The van der Waals surface area contributed by atoms with E-state index < -0.39 is 24.2 Å². The van der Waals surface area contributed by atoms with E-state index in [0.29, 0.717) is 0 Å². The van der Waals surface area contributed by atoms with Crippen molar-refractivity contribution in [3.05, 3.63) is 22.9 Å². The Morgan fingerprint density at radius 2 is 1.26 bits per heavy atom. The van der Waals surface area contributed by atoms with E-state index in [1.165, 1.54) is 0 Å². The van der Waals surface area contributed by atoms with Crippen molar-refractivity contribution in [2.24, 2.45) is 0 Å². The molecule has 0 nitrogen and oxygen atoms in total. The van der Waals surface area contributed by atoms with Crippen molar-refractivity contribution >= 4 is 24.2 Å². The van der Waals surface area contributed by atoms with Crippen LogP contribution in [0.25, 0.3) is 0 Å². The molecule has 1 rings (SSSR count). The Labute approximate surface area is 124 Å². The lowest BCUT2D eigenvalue weighted by molar-refractivity contribution is 0.872. The molecule has 3 heteroatoms. The fraction of sp³-hybridized carbons (Fsp3) is 0.750. The second kappa shape index (κ2) is 5.15. The van der Waals surface area contributed by atoms with Gasteiger partial charge < -0.3 is 0 Å². The molecule has 0 bridgehead atoms. The van der Waals surface area contributed by atoms with Gasteiger partial charge in [-0.25, -0.2) is 0 Å². The van der Waals surface area contributed by atoms with Crippen LogP contribution >= 0.6 is 0 Å². The zero-order valence-electron chi connectivity index (χ0n) is 14.8. The Morgan fingerprint density at radius 1 is 0.789 bits per heavy atom. The molecule has 0 aromatic heterocycles. The molecule has 19 heavy (non-hydrogen) atoms. The molecule has 0 fully saturated rings. The molecule has 1 aliphatic carbocycles. The summed E-state index contributed by atoms with van der Waals surface area (Å²) in [5.74, 6) is 0. The summed E-state index contributed by atoms with van der Waals surface area (Å²) in [5, 5.41) is 1.70.